The number of sulfonamides is 1. The molecule has 7 heteroatoms. The fourth-order valence-electron chi connectivity index (χ4n) is 1.81. The molecule has 2 aromatic rings. The van der Waals surface area contributed by atoms with E-state index < -0.39 is 10.0 Å². The summed E-state index contributed by atoms with van der Waals surface area (Å²) in [6.07, 6.45) is 1.51. The van der Waals surface area contributed by atoms with Gasteiger partial charge in [-0.2, -0.15) is 4.72 Å². The summed E-state index contributed by atoms with van der Waals surface area (Å²) in [7, 11) is -3.24. The minimum absolute atomic E-state index is 0.117. The molecule has 2 rings (SSSR count). The van der Waals surface area contributed by atoms with E-state index in [1.807, 2.05) is 32.0 Å². The molecular weight excluding hydrogens is 264 g/mol. The van der Waals surface area contributed by atoms with Crippen LogP contribution in [0.4, 0.5) is 0 Å². The summed E-state index contributed by atoms with van der Waals surface area (Å²) in [5.41, 5.74) is 2.66. The second kappa shape index (κ2) is 5.66. The summed E-state index contributed by atoms with van der Waals surface area (Å²) in [5.74, 6) is 0.148. The molecule has 0 spiro atoms. The van der Waals surface area contributed by atoms with E-state index in [1.165, 1.54) is 0 Å². The molecule has 0 aliphatic carbocycles. The first-order valence-corrected chi connectivity index (χ1v) is 7.95. The lowest BCUT2D eigenvalue weighted by Crippen LogP contribution is -2.29. The Morgan fingerprint density at radius 1 is 1.37 bits per heavy atom. The van der Waals surface area contributed by atoms with Crippen LogP contribution in [0.2, 0.25) is 0 Å². The molecule has 0 saturated carbocycles. The van der Waals surface area contributed by atoms with Gasteiger partial charge in [0, 0.05) is 0 Å². The van der Waals surface area contributed by atoms with Crippen molar-refractivity contribution in [3.63, 3.8) is 0 Å². The topological polar surface area (TPSA) is 76.9 Å². The fourth-order valence-corrected chi connectivity index (χ4v) is 2.94. The van der Waals surface area contributed by atoms with Crippen molar-refractivity contribution in [3.8, 4) is 0 Å². The minimum Gasteiger partial charge on any atom is -0.230 e. The monoisotopic (exact) mass is 282 g/mol. The van der Waals surface area contributed by atoms with Crippen LogP contribution in [0, 0.1) is 6.92 Å². The second-order valence-electron chi connectivity index (χ2n) is 4.51. The molecule has 0 fully saturated rings. The summed E-state index contributed by atoms with van der Waals surface area (Å²) in [6.45, 7) is 4.03. The van der Waals surface area contributed by atoms with Crippen LogP contribution in [0.5, 0.6) is 0 Å². The molecule has 19 heavy (non-hydrogen) atoms. The van der Waals surface area contributed by atoms with Crippen LogP contribution in [-0.2, 0) is 16.7 Å². The van der Waals surface area contributed by atoms with Crippen molar-refractivity contribution in [2.75, 3.05) is 5.75 Å². The van der Waals surface area contributed by atoms with Gasteiger partial charge in [-0.3, -0.25) is 0 Å². The van der Waals surface area contributed by atoms with Crippen LogP contribution >= 0.6 is 0 Å². The number of nitrogens with zero attached hydrogens (tertiary/aromatic N) is 3. The molecule has 1 aromatic carbocycles. The third-order valence-electron chi connectivity index (χ3n) is 2.95. The van der Waals surface area contributed by atoms with Gasteiger partial charge in [-0.25, -0.2) is 13.1 Å². The van der Waals surface area contributed by atoms with Crippen LogP contribution in [0.15, 0.2) is 18.2 Å². The maximum Gasteiger partial charge on any atom is 0.213 e. The predicted molar refractivity (Wildman–Crippen MR) is 74.1 cm³/mol. The number of hydrogen-bond donors (Lipinski definition) is 1. The first kappa shape index (κ1) is 14.0. The van der Waals surface area contributed by atoms with Crippen LogP contribution in [0.25, 0.3) is 11.0 Å². The van der Waals surface area contributed by atoms with Crippen molar-refractivity contribution >= 4 is 21.1 Å². The maximum absolute atomic E-state index is 11.7. The average molecular weight is 282 g/mol. The number of hydrogen-bond acceptors (Lipinski definition) is 4. The zero-order valence-electron chi connectivity index (χ0n) is 11.1. The van der Waals surface area contributed by atoms with Gasteiger partial charge in [-0.1, -0.05) is 30.7 Å². The number of aromatic nitrogens is 3. The Bertz CT molecular complexity index is 663. The Labute approximate surface area is 112 Å². The van der Waals surface area contributed by atoms with Crippen molar-refractivity contribution in [2.45, 2.75) is 33.4 Å². The lowest BCUT2D eigenvalue weighted by atomic mass is 10.2. The molecule has 0 radical (unpaired) electrons. The first-order valence-electron chi connectivity index (χ1n) is 6.29. The van der Waals surface area contributed by atoms with Crippen molar-refractivity contribution in [1.82, 2.24) is 19.7 Å². The van der Waals surface area contributed by atoms with Crippen molar-refractivity contribution in [3.05, 3.63) is 23.8 Å². The molecule has 1 N–H and O–H groups in total. The number of nitrogens with one attached hydrogen (secondary N) is 1. The zero-order chi connectivity index (χ0) is 13.9. The number of fused-ring (bicyclic) bond motifs is 1. The highest BCUT2D eigenvalue weighted by Crippen LogP contribution is 2.14. The Morgan fingerprint density at radius 2 is 2.16 bits per heavy atom. The highest BCUT2D eigenvalue weighted by atomic mass is 32.2. The molecule has 0 unspecified atom stereocenters. The quantitative estimate of drug-likeness (QED) is 0.869. The van der Waals surface area contributed by atoms with Crippen LogP contribution < -0.4 is 4.72 Å². The molecule has 6 nitrogen and oxygen atoms in total. The Kier molecular flexibility index (Phi) is 4.16. The SMILES string of the molecule is CCCCS(=O)(=O)NCn1nnc2c(C)cccc21. The van der Waals surface area contributed by atoms with E-state index in [4.69, 9.17) is 0 Å². The van der Waals surface area contributed by atoms with Gasteiger partial charge in [0.05, 0.1) is 11.3 Å². The highest BCUT2D eigenvalue weighted by Gasteiger charge is 2.11. The second-order valence-corrected chi connectivity index (χ2v) is 6.43. The Balaban J connectivity index is 2.12. The molecule has 0 aliphatic rings. The smallest absolute Gasteiger partial charge is 0.213 e. The Hall–Kier alpha value is -1.47. The van der Waals surface area contributed by atoms with Crippen LogP contribution in [0.3, 0.4) is 0 Å². The van der Waals surface area contributed by atoms with Gasteiger partial charge in [0.2, 0.25) is 10.0 Å². The molecule has 0 aliphatic heterocycles. The molecule has 0 bridgehead atoms. The van der Waals surface area contributed by atoms with E-state index >= 15 is 0 Å². The van der Waals surface area contributed by atoms with E-state index in [2.05, 4.69) is 15.0 Å². The largest absolute Gasteiger partial charge is 0.230 e. The molecule has 0 amide bonds. The molecular formula is C12H18N4O2S. The van der Waals surface area contributed by atoms with E-state index in [0.717, 1.165) is 23.0 Å². The third-order valence-corrected chi connectivity index (χ3v) is 4.34. The number of rotatable bonds is 6. The average Bonchev–Trinajstić information content (AvgIpc) is 2.79. The van der Waals surface area contributed by atoms with Gasteiger partial charge in [0.15, 0.2) is 0 Å². The molecule has 0 saturated heterocycles. The zero-order valence-corrected chi connectivity index (χ0v) is 11.9. The maximum atomic E-state index is 11.7. The van der Waals surface area contributed by atoms with E-state index in [1.54, 1.807) is 4.68 Å². The van der Waals surface area contributed by atoms with Crippen molar-refractivity contribution < 1.29 is 8.42 Å². The standard InChI is InChI=1S/C12H18N4O2S/c1-3-4-8-19(17,18)13-9-16-11-7-5-6-10(2)12(11)14-15-16/h5-7,13H,3-4,8-9H2,1-2H3. The predicted octanol–water partition coefficient (Wildman–Crippen LogP) is 1.42. The fraction of sp³-hybridized carbons (Fsp3) is 0.500. The lowest BCUT2D eigenvalue weighted by Gasteiger charge is -2.06. The normalized spacial score (nSPS) is 12.1. The highest BCUT2D eigenvalue weighted by molar-refractivity contribution is 7.89. The molecule has 1 aromatic heterocycles. The first-order chi connectivity index (χ1) is 9.03. The number of aryl methyl sites for hydroxylation is 1. The van der Waals surface area contributed by atoms with E-state index in [-0.39, 0.29) is 12.4 Å². The third kappa shape index (κ3) is 3.30. The van der Waals surface area contributed by atoms with Gasteiger partial charge >= 0.3 is 0 Å². The number of benzene rings is 1. The molecule has 1 heterocycles. The summed E-state index contributed by atoms with van der Waals surface area (Å²) in [4.78, 5) is 0. The molecule has 104 valence electrons. The number of unbranched alkanes of at least 4 members (excludes halogenated alkanes) is 1. The summed E-state index contributed by atoms with van der Waals surface area (Å²) in [5, 5.41) is 8.04. The van der Waals surface area contributed by atoms with E-state index in [9.17, 15) is 8.42 Å². The summed E-state index contributed by atoms with van der Waals surface area (Å²) < 4.78 is 27.5. The van der Waals surface area contributed by atoms with Crippen LogP contribution in [-0.4, -0.2) is 29.2 Å². The Morgan fingerprint density at radius 3 is 2.89 bits per heavy atom. The summed E-state index contributed by atoms with van der Waals surface area (Å²) >= 11 is 0. The van der Waals surface area contributed by atoms with Gasteiger partial charge in [0.1, 0.15) is 12.2 Å². The van der Waals surface area contributed by atoms with Gasteiger partial charge in [-0.05, 0) is 25.0 Å². The minimum atomic E-state index is -3.24. The van der Waals surface area contributed by atoms with Gasteiger partial charge in [-0.15, -0.1) is 5.10 Å². The van der Waals surface area contributed by atoms with E-state index in [0.29, 0.717) is 6.42 Å². The van der Waals surface area contributed by atoms with Gasteiger partial charge in [0.25, 0.3) is 0 Å². The van der Waals surface area contributed by atoms with Crippen molar-refractivity contribution in [1.29, 1.82) is 0 Å². The van der Waals surface area contributed by atoms with Gasteiger partial charge < -0.3 is 0 Å². The van der Waals surface area contributed by atoms with Crippen LogP contribution in [0.1, 0.15) is 25.3 Å². The summed E-state index contributed by atoms with van der Waals surface area (Å²) in [6, 6.07) is 5.73. The lowest BCUT2D eigenvalue weighted by molar-refractivity contribution is 0.540. The molecule has 0 atom stereocenters. The van der Waals surface area contributed by atoms with Crippen molar-refractivity contribution in [2.24, 2.45) is 0 Å².